The molecule has 3 N–H and O–H groups in total. The van der Waals surface area contributed by atoms with Gasteiger partial charge in [-0.3, -0.25) is 4.79 Å². The minimum absolute atomic E-state index is 0.303. The van der Waals surface area contributed by atoms with Crippen molar-refractivity contribution in [2.24, 2.45) is 5.73 Å². The fourth-order valence-electron chi connectivity index (χ4n) is 1.52. The van der Waals surface area contributed by atoms with Gasteiger partial charge in [0.1, 0.15) is 0 Å². The fourth-order valence-corrected chi connectivity index (χ4v) is 2.41. The molecule has 88 valence electrons. The number of hydrogen-bond acceptors (Lipinski definition) is 4. The molecule has 0 radical (unpaired) electrons. The Morgan fingerprint density at radius 3 is 2.73 bits per heavy atom. The summed E-state index contributed by atoms with van der Waals surface area (Å²) in [7, 11) is 0. The van der Waals surface area contributed by atoms with Crippen LogP contribution in [0.15, 0.2) is 0 Å². The summed E-state index contributed by atoms with van der Waals surface area (Å²) < 4.78 is 0. The van der Waals surface area contributed by atoms with Crippen molar-refractivity contribution in [2.45, 2.75) is 12.8 Å². The van der Waals surface area contributed by atoms with Gasteiger partial charge in [0.15, 0.2) is 0 Å². The fraction of sp³-hybridized carbons (Fsp3) is 0.900. The number of nitrogens with two attached hydrogens (primary N) is 1. The molecule has 0 aromatic heterocycles. The molecule has 0 aliphatic carbocycles. The van der Waals surface area contributed by atoms with Gasteiger partial charge in [-0.15, -0.1) is 0 Å². The summed E-state index contributed by atoms with van der Waals surface area (Å²) in [5.41, 5.74) is 5.39. The largest absolute Gasteiger partial charge is 0.340 e. The zero-order valence-electron chi connectivity index (χ0n) is 9.21. The number of carbonyl (C=O) groups excluding carboxylic acids is 1. The first-order valence-electron chi connectivity index (χ1n) is 5.61. The van der Waals surface area contributed by atoms with Crippen LogP contribution in [0.1, 0.15) is 12.8 Å². The smallest absolute Gasteiger partial charge is 0.223 e. The lowest BCUT2D eigenvalue weighted by molar-refractivity contribution is -0.131. The minimum Gasteiger partial charge on any atom is -0.340 e. The van der Waals surface area contributed by atoms with Gasteiger partial charge in [0, 0.05) is 38.4 Å². The van der Waals surface area contributed by atoms with Crippen molar-refractivity contribution in [3.05, 3.63) is 0 Å². The Balaban J connectivity index is 2.02. The zero-order chi connectivity index (χ0) is 10.9. The van der Waals surface area contributed by atoms with Crippen molar-refractivity contribution < 1.29 is 4.79 Å². The topological polar surface area (TPSA) is 58.4 Å². The standard InChI is InChI=1S/C10H21N3OS/c11-3-1-8-15-9-2-10(14)13-6-4-12-5-7-13/h12H,1-9,11H2. The maximum Gasteiger partial charge on any atom is 0.223 e. The molecule has 0 aromatic rings. The van der Waals surface area contributed by atoms with Gasteiger partial charge in [-0.1, -0.05) is 0 Å². The van der Waals surface area contributed by atoms with Gasteiger partial charge in [0.05, 0.1) is 0 Å². The summed E-state index contributed by atoms with van der Waals surface area (Å²) in [6.07, 6.45) is 1.72. The number of piperazine rings is 1. The monoisotopic (exact) mass is 231 g/mol. The summed E-state index contributed by atoms with van der Waals surface area (Å²) >= 11 is 1.83. The molecule has 1 amide bonds. The molecule has 0 bridgehead atoms. The molecule has 4 nitrogen and oxygen atoms in total. The molecule has 1 aliphatic rings. The predicted octanol–water partition coefficient (Wildman–Crippen LogP) is -0.110. The highest BCUT2D eigenvalue weighted by Gasteiger charge is 2.14. The number of thioether (sulfide) groups is 1. The first kappa shape index (κ1) is 12.8. The molecule has 1 saturated heterocycles. The lowest BCUT2D eigenvalue weighted by atomic mass is 10.3. The summed E-state index contributed by atoms with van der Waals surface area (Å²) in [4.78, 5) is 13.6. The van der Waals surface area contributed by atoms with E-state index in [0.29, 0.717) is 12.3 Å². The van der Waals surface area contributed by atoms with Crippen molar-refractivity contribution in [3.8, 4) is 0 Å². The van der Waals surface area contributed by atoms with Crippen LogP contribution in [0.4, 0.5) is 0 Å². The van der Waals surface area contributed by atoms with Crippen LogP contribution in [-0.2, 0) is 4.79 Å². The van der Waals surface area contributed by atoms with Gasteiger partial charge < -0.3 is 16.0 Å². The Morgan fingerprint density at radius 2 is 2.07 bits per heavy atom. The first-order valence-corrected chi connectivity index (χ1v) is 6.76. The van der Waals surface area contributed by atoms with Crippen molar-refractivity contribution in [1.29, 1.82) is 0 Å². The Kier molecular flexibility index (Phi) is 6.80. The van der Waals surface area contributed by atoms with Gasteiger partial charge in [-0.25, -0.2) is 0 Å². The molecule has 0 aromatic carbocycles. The summed E-state index contributed by atoms with van der Waals surface area (Å²) in [6, 6.07) is 0. The quantitative estimate of drug-likeness (QED) is 0.626. The van der Waals surface area contributed by atoms with E-state index < -0.39 is 0 Å². The van der Waals surface area contributed by atoms with E-state index in [1.165, 1.54) is 0 Å². The van der Waals surface area contributed by atoms with E-state index in [1.54, 1.807) is 0 Å². The Labute approximate surface area is 96.0 Å². The van der Waals surface area contributed by atoms with E-state index in [0.717, 1.165) is 50.7 Å². The molecule has 0 atom stereocenters. The Morgan fingerprint density at radius 1 is 1.33 bits per heavy atom. The van der Waals surface area contributed by atoms with E-state index in [4.69, 9.17) is 5.73 Å². The first-order chi connectivity index (χ1) is 7.34. The summed E-state index contributed by atoms with van der Waals surface area (Å²) in [6.45, 7) is 4.36. The van der Waals surface area contributed by atoms with Crippen LogP contribution in [0.5, 0.6) is 0 Å². The highest BCUT2D eigenvalue weighted by molar-refractivity contribution is 7.99. The molecular formula is C10H21N3OS. The molecule has 0 unspecified atom stereocenters. The van der Waals surface area contributed by atoms with Crippen LogP contribution in [0, 0.1) is 0 Å². The van der Waals surface area contributed by atoms with Crippen LogP contribution >= 0.6 is 11.8 Å². The molecule has 5 heteroatoms. The second kappa shape index (κ2) is 7.96. The Bertz CT molecular complexity index is 184. The highest BCUT2D eigenvalue weighted by Crippen LogP contribution is 2.06. The zero-order valence-corrected chi connectivity index (χ0v) is 10.0. The van der Waals surface area contributed by atoms with Gasteiger partial charge >= 0.3 is 0 Å². The minimum atomic E-state index is 0.303. The maximum atomic E-state index is 11.7. The number of rotatable bonds is 6. The molecule has 0 spiro atoms. The maximum absolute atomic E-state index is 11.7. The molecule has 1 rings (SSSR count). The average molecular weight is 231 g/mol. The van der Waals surface area contributed by atoms with Crippen LogP contribution in [0.2, 0.25) is 0 Å². The van der Waals surface area contributed by atoms with E-state index >= 15 is 0 Å². The van der Waals surface area contributed by atoms with Crippen LogP contribution < -0.4 is 11.1 Å². The third-order valence-electron chi connectivity index (χ3n) is 2.42. The lowest BCUT2D eigenvalue weighted by Crippen LogP contribution is -2.46. The number of hydrogen-bond donors (Lipinski definition) is 2. The molecule has 1 fully saturated rings. The van der Waals surface area contributed by atoms with Gasteiger partial charge in [0.25, 0.3) is 0 Å². The summed E-state index contributed by atoms with van der Waals surface area (Å²) in [5.74, 6) is 2.31. The second-order valence-corrected chi connectivity index (χ2v) is 4.86. The molecule has 0 saturated carbocycles. The number of carbonyl (C=O) groups is 1. The second-order valence-electron chi connectivity index (χ2n) is 3.64. The van der Waals surface area contributed by atoms with E-state index in [9.17, 15) is 4.79 Å². The average Bonchev–Trinajstić information content (AvgIpc) is 2.30. The molecule has 1 heterocycles. The van der Waals surface area contributed by atoms with Gasteiger partial charge in [0.2, 0.25) is 5.91 Å². The molecule has 15 heavy (non-hydrogen) atoms. The molecule has 1 aliphatic heterocycles. The van der Waals surface area contributed by atoms with Crippen molar-refractivity contribution >= 4 is 17.7 Å². The Hall–Kier alpha value is -0.260. The number of amides is 1. The van der Waals surface area contributed by atoms with Crippen LogP contribution in [0.25, 0.3) is 0 Å². The normalized spacial score (nSPS) is 16.7. The van der Waals surface area contributed by atoms with Crippen LogP contribution in [-0.4, -0.2) is 55.0 Å². The van der Waals surface area contributed by atoms with Crippen molar-refractivity contribution in [1.82, 2.24) is 10.2 Å². The van der Waals surface area contributed by atoms with E-state index in [-0.39, 0.29) is 0 Å². The third kappa shape index (κ3) is 5.39. The summed E-state index contributed by atoms with van der Waals surface area (Å²) in [5, 5.41) is 3.24. The number of nitrogens with zero attached hydrogens (tertiary/aromatic N) is 1. The van der Waals surface area contributed by atoms with Gasteiger partial charge in [-0.05, 0) is 18.7 Å². The van der Waals surface area contributed by atoms with E-state index in [2.05, 4.69) is 5.32 Å². The third-order valence-corrected chi connectivity index (χ3v) is 3.49. The molecular weight excluding hydrogens is 210 g/mol. The van der Waals surface area contributed by atoms with Crippen LogP contribution in [0.3, 0.4) is 0 Å². The predicted molar refractivity (Wildman–Crippen MR) is 65.1 cm³/mol. The highest BCUT2D eigenvalue weighted by atomic mass is 32.2. The van der Waals surface area contributed by atoms with E-state index in [1.807, 2.05) is 16.7 Å². The number of nitrogens with one attached hydrogen (secondary N) is 1. The lowest BCUT2D eigenvalue weighted by Gasteiger charge is -2.27. The van der Waals surface area contributed by atoms with Crippen molar-refractivity contribution in [2.75, 3.05) is 44.2 Å². The van der Waals surface area contributed by atoms with Crippen molar-refractivity contribution in [3.63, 3.8) is 0 Å². The van der Waals surface area contributed by atoms with Gasteiger partial charge in [-0.2, -0.15) is 11.8 Å². The SMILES string of the molecule is NCCCSCCC(=O)N1CCNCC1.